The van der Waals surface area contributed by atoms with Gasteiger partial charge in [-0.1, -0.05) is 68.0 Å². The third-order valence-electron chi connectivity index (χ3n) is 3.14. The van der Waals surface area contributed by atoms with Crippen molar-refractivity contribution >= 4 is 18.1 Å². The van der Waals surface area contributed by atoms with E-state index in [9.17, 15) is 4.79 Å². The second-order valence-corrected chi connectivity index (χ2v) is 4.72. The average molecular weight is 266 g/mol. The van der Waals surface area contributed by atoms with Crippen LogP contribution in [-0.4, -0.2) is 11.1 Å². The molecule has 0 saturated carbocycles. The molecular formula is C18H18O2. The minimum Gasteiger partial charge on any atom is -0.478 e. The lowest BCUT2D eigenvalue weighted by atomic mass is 10.0. The molecule has 0 fully saturated rings. The summed E-state index contributed by atoms with van der Waals surface area (Å²) in [4.78, 5) is 11.1. The lowest BCUT2D eigenvalue weighted by Crippen LogP contribution is -1.98. The smallest absolute Gasteiger partial charge is 0.336 e. The molecule has 0 amide bonds. The number of hydrogen-bond acceptors (Lipinski definition) is 1. The van der Waals surface area contributed by atoms with Gasteiger partial charge in [-0.25, -0.2) is 4.79 Å². The fourth-order valence-corrected chi connectivity index (χ4v) is 2.16. The second kappa shape index (κ2) is 6.71. The van der Waals surface area contributed by atoms with Crippen LogP contribution in [0.1, 0.15) is 40.4 Å². The SMILES string of the molecule is CCCc1cccc(/C=C/c2ccccc2C(=O)O)c1. The summed E-state index contributed by atoms with van der Waals surface area (Å²) in [6, 6.07) is 15.3. The lowest BCUT2D eigenvalue weighted by molar-refractivity contribution is 0.0696. The Morgan fingerprint density at radius 2 is 1.90 bits per heavy atom. The number of aryl methyl sites for hydroxylation is 1. The fraction of sp³-hybridized carbons (Fsp3) is 0.167. The highest BCUT2D eigenvalue weighted by atomic mass is 16.4. The highest BCUT2D eigenvalue weighted by Gasteiger charge is 2.05. The van der Waals surface area contributed by atoms with Crippen molar-refractivity contribution in [3.63, 3.8) is 0 Å². The first kappa shape index (κ1) is 14.1. The van der Waals surface area contributed by atoms with Crippen LogP contribution in [0.3, 0.4) is 0 Å². The Bertz CT molecular complexity index is 627. The average Bonchev–Trinajstić information content (AvgIpc) is 2.46. The summed E-state index contributed by atoms with van der Waals surface area (Å²) < 4.78 is 0. The van der Waals surface area contributed by atoms with Crippen molar-refractivity contribution in [2.24, 2.45) is 0 Å². The molecule has 0 saturated heterocycles. The van der Waals surface area contributed by atoms with Gasteiger partial charge >= 0.3 is 5.97 Å². The zero-order chi connectivity index (χ0) is 14.4. The Balaban J connectivity index is 2.25. The third kappa shape index (κ3) is 3.58. The normalized spacial score (nSPS) is 10.8. The number of hydrogen-bond donors (Lipinski definition) is 1. The molecule has 0 unspecified atom stereocenters. The molecule has 2 heteroatoms. The quantitative estimate of drug-likeness (QED) is 0.808. The van der Waals surface area contributed by atoms with Crippen LogP contribution in [0.5, 0.6) is 0 Å². The highest BCUT2D eigenvalue weighted by Crippen LogP contribution is 2.15. The van der Waals surface area contributed by atoms with Crippen LogP contribution in [0, 0.1) is 0 Å². The van der Waals surface area contributed by atoms with Crippen molar-refractivity contribution in [2.45, 2.75) is 19.8 Å². The number of benzene rings is 2. The van der Waals surface area contributed by atoms with E-state index in [1.807, 2.05) is 36.4 Å². The van der Waals surface area contributed by atoms with E-state index in [1.54, 1.807) is 12.1 Å². The molecule has 2 nitrogen and oxygen atoms in total. The van der Waals surface area contributed by atoms with E-state index < -0.39 is 5.97 Å². The van der Waals surface area contributed by atoms with Crippen molar-refractivity contribution in [1.82, 2.24) is 0 Å². The van der Waals surface area contributed by atoms with E-state index in [-0.39, 0.29) is 0 Å². The molecule has 102 valence electrons. The van der Waals surface area contributed by atoms with Gasteiger partial charge in [0.05, 0.1) is 5.56 Å². The maximum absolute atomic E-state index is 11.1. The molecule has 0 aliphatic rings. The number of carboxylic acid groups (broad SMARTS) is 1. The summed E-state index contributed by atoms with van der Waals surface area (Å²) in [6.45, 7) is 2.16. The van der Waals surface area contributed by atoms with Gasteiger partial charge < -0.3 is 5.11 Å². The van der Waals surface area contributed by atoms with E-state index in [0.29, 0.717) is 5.56 Å². The Kier molecular flexibility index (Phi) is 4.72. The topological polar surface area (TPSA) is 37.3 Å². The fourth-order valence-electron chi connectivity index (χ4n) is 2.16. The Morgan fingerprint density at radius 3 is 2.65 bits per heavy atom. The molecule has 1 N–H and O–H groups in total. The van der Waals surface area contributed by atoms with Crippen LogP contribution >= 0.6 is 0 Å². The molecule has 0 aliphatic carbocycles. The largest absolute Gasteiger partial charge is 0.478 e. The molecule has 2 aromatic rings. The van der Waals surface area contributed by atoms with Gasteiger partial charge in [-0.3, -0.25) is 0 Å². The summed E-state index contributed by atoms with van der Waals surface area (Å²) in [6.07, 6.45) is 6.00. The van der Waals surface area contributed by atoms with Crippen molar-refractivity contribution in [3.8, 4) is 0 Å². The molecule has 0 bridgehead atoms. The lowest BCUT2D eigenvalue weighted by Gasteiger charge is -2.02. The number of carboxylic acids is 1. The second-order valence-electron chi connectivity index (χ2n) is 4.72. The van der Waals surface area contributed by atoms with Crippen molar-refractivity contribution in [1.29, 1.82) is 0 Å². The van der Waals surface area contributed by atoms with Gasteiger partial charge in [0.1, 0.15) is 0 Å². The van der Waals surface area contributed by atoms with Gasteiger partial charge in [0.25, 0.3) is 0 Å². The van der Waals surface area contributed by atoms with Crippen LogP contribution in [0.2, 0.25) is 0 Å². The molecule has 0 aromatic heterocycles. The summed E-state index contributed by atoms with van der Waals surface area (Å²) in [5, 5.41) is 9.14. The maximum Gasteiger partial charge on any atom is 0.336 e. The molecule has 2 rings (SSSR count). The summed E-state index contributed by atoms with van der Waals surface area (Å²) in [5.74, 6) is -0.898. The third-order valence-corrected chi connectivity index (χ3v) is 3.14. The minimum atomic E-state index is -0.898. The van der Waals surface area contributed by atoms with E-state index in [2.05, 4.69) is 19.1 Å². The van der Waals surface area contributed by atoms with Crippen molar-refractivity contribution in [2.75, 3.05) is 0 Å². The Labute approximate surface area is 119 Å². The predicted molar refractivity (Wildman–Crippen MR) is 82.8 cm³/mol. The van der Waals surface area contributed by atoms with E-state index in [4.69, 9.17) is 5.11 Å². The first-order valence-corrected chi connectivity index (χ1v) is 6.80. The van der Waals surface area contributed by atoms with Crippen LogP contribution in [0.4, 0.5) is 0 Å². The zero-order valence-corrected chi connectivity index (χ0v) is 11.5. The van der Waals surface area contributed by atoms with E-state index >= 15 is 0 Å². The highest BCUT2D eigenvalue weighted by molar-refractivity contribution is 5.93. The number of carbonyl (C=O) groups is 1. The van der Waals surface area contributed by atoms with E-state index in [1.165, 1.54) is 5.56 Å². The van der Waals surface area contributed by atoms with Gasteiger partial charge in [0.2, 0.25) is 0 Å². The van der Waals surface area contributed by atoms with Crippen molar-refractivity contribution in [3.05, 3.63) is 70.8 Å². The van der Waals surface area contributed by atoms with Crippen LogP contribution in [-0.2, 0) is 6.42 Å². The number of rotatable bonds is 5. The van der Waals surface area contributed by atoms with E-state index in [0.717, 1.165) is 24.0 Å². The van der Waals surface area contributed by atoms with Gasteiger partial charge in [-0.15, -0.1) is 0 Å². The summed E-state index contributed by atoms with van der Waals surface area (Å²) in [7, 11) is 0. The predicted octanol–water partition coefficient (Wildman–Crippen LogP) is 4.51. The van der Waals surface area contributed by atoms with Crippen LogP contribution in [0.15, 0.2) is 48.5 Å². The van der Waals surface area contributed by atoms with Gasteiger partial charge in [-0.2, -0.15) is 0 Å². The van der Waals surface area contributed by atoms with Gasteiger partial charge in [-0.05, 0) is 29.2 Å². The molecule has 0 atom stereocenters. The monoisotopic (exact) mass is 266 g/mol. The minimum absolute atomic E-state index is 0.327. The first-order valence-electron chi connectivity index (χ1n) is 6.80. The molecule has 0 aliphatic heterocycles. The van der Waals surface area contributed by atoms with Gasteiger partial charge in [0, 0.05) is 0 Å². The maximum atomic E-state index is 11.1. The van der Waals surface area contributed by atoms with Crippen LogP contribution < -0.4 is 0 Å². The van der Waals surface area contributed by atoms with Gasteiger partial charge in [0.15, 0.2) is 0 Å². The zero-order valence-electron chi connectivity index (χ0n) is 11.5. The Hall–Kier alpha value is -2.35. The van der Waals surface area contributed by atoms with Crippen molar-refractivity contribution < 1.29 is 9.90 Å². The molecule has 0 spiro atoms. The summed E-state index contributed by atoms with van der Waals surface area (Å²) >= 11 is 0. The Morgan fingerprint density at radius 1 is 1.10 bits per heavy atom. The number of aromatic carboxylic acids is 1. The molecular weight excluding hydrogens is 248 g/mol. The first-order chi connectivity index (χ1) is 9.70. The summed E-state index contributed by atoms with van der Waals surface area (Å²) in [5.41, 5.74) is 3.45. The molecule has 0 heterocycles. The molecule has 2 aromatic carbocycles. The molecule has 0 radical (unpaired) electrons. The standard InChI is InChI=1S/C18H18O2/c1-2-6-14-7-5-8-15(13-14)11-12-16-9-3-4-10-17(16)18(19)20/h3-5,7-13H,2,6H2,1H3,(H,19,20)/b12-11+. The molecule has 20 heavy (non-hydrogen) atoms. The van der Waals surface area contributed by atoms with Crippen LogP contribution in [0.25, 0.3) is 12.2 Å².